The van der Waals surface area contributed by atoms with Gasteiger partial charge in [-0.25, -0.2) is 0 Å². The number of hydrogen-bond donors (Lipinski definition) is 1. The summed E-state index contributed by atoms with van der Waals surface area (Å²) in [6.07, 6.45) is 1.75. The fourth-order valence-electron chi connectivity index (χ4n) is 1.66. The van der Waals surface area contributed by atoms with Crippen molar-refractivity contribution in [3.05, 3.63) is 52.4 Å². The molecule has 0 aliphatic carbocycles. The Hall–Kier alpha value is -1.81. The Labute approximate surface area is 116 Å². The van der Waals surface area contributed by atoms with Crippen LogP contribution in [-0.2, 0) is 13.0 Å². The van der Waals surface area contributed by atoms with E-state index in [1.54, 1.807) is 18.2 Å². The van der Waals surface area contributed by atoms with E-state index in [0.717, 1.165) is 24.2 Å². The van der Waals surface area contributed by atoms with Gasteiger partial charge in [-0.05, 0) is 24.1 Å². The van der Waals surface area contributed by atoms with Gasteiger partial charge in [0.1, 0.15) is 5.76 Å². The molecule has 2 aromatic rings. The highest BCUT2D eigenvalue weighted by molar-refractivity contribution is 6.30. The van der Waals surface area contributed by atoms with Gasteiger partial charge in [0, 0.05) is 24.1 Å². The fraction of sp³-hybridized carbons (Fsp3) is 0.286. The number of rotatable bonds is 5. The zero-order valence-electron chi connectivity index (χ0n) is 10.6. The second kappa shape index (κ2) is 6.38. The third-order valence-electron chi connectivity index (χ3n) is 2.65. The van der Waals surface area contributed by atoms with E-state index in [0.29, 0.717) is 17.3 Å². The van der Waals surface area contributed by atoms with Crippen LogP contribution in [0.4, 0.5) is 0 Å². The summed E-state index contributed by atoms with van der Waals surface area (Å²) >= 11 is 5.79. The maximum absolute atomic E-state index is 11.8. The summed E-state index contributed by atoms with van der Waals surface area (Å²) in [5.74, 6) is 0.500. The van der Waals surface area contributed by atoms with Crippen molar-refractivity contribution in [1.82, 2.24) is 10.5 Å². The van der Waals surface area contributed by atoms with Crippen molar-refractivity contribution in [1.29, 1.82) is 0 Å². The summed E-state index contributed by atoms with van der Waals surface area (Å²) < 4.78 is 5.07. The van der Waals surface area contributed by atoms with Crippen LogP contribution in [0.25, 0.3) is 0 Å². The smallest absolute Gasteiger partial charge is 0.273 e. The minimum atomic E-state index is -0.235. The van der Waals surface area contributed by atoms with E-state index in [1.807, 2.05) is 19.1 Å². The number of aryl methyl sites for hydroxylation is 1. The van der Waals surface area contributed by atoms with Gasteiger partial charge in [-0.3, -0.25) is 4.79 Å². The van der Waals surface area contributed by atoms with Gasteiger partial charge in [0.25, 0.3) is 5.91 Å². The third-order valence-corrected chi connectivity index (χ3v) is 2.91. The second-order valence-electron chi connectivity index (χ2n) is 4.24. The first-order valence-corrected chi connectivity index (χ1v) is 6.55. The molecule has 0 fully saturated rings. The van der Waals surface area contributed by atoms with E-state index < -0.39 is 0 Å². The molecule has 1 aromatic heterocycles. The molecule has 0 bridgehead atoms. The first-order valence-electron chi connectivity index (χ1n) is 6.17. The Bertz CT molecular complexity index is 549. The predicted octanol–water partition coefficient (Wildman–Crippen LogP) is 3.21. The van der Waals surface area contributed by atoms with E-state index in [4.69, 9.17) is 16.1 Å². The van der Waals surface area contributed by atoms with Crippen LogP contribution in [0.2, 0.25) is 5.02 Å². The SMILES string of the molecule is CCCc1cc(C(=O)NCc2ccc(Cl)cc2)no1. The maximum Gasteiger partial charge on any atom is 0.273 e. The lowest BCUT2D eigenvalue weighted by Gasteiger charge is -2.02. The quantitative estimate of drug-likeness (QED) is 0.914. The molecule has 0 radical (unpaired) electrons. The molecular weight excluding hydrogens is 264 g/mol. The number of aromatic nitrogens is 1. The highest BCUT2D eigenvalue weighted by atomic mass is 35.5. The van der Waals surface area contributed by atoms with Crippen LogP contribution in [0.15, 0.2) is 34.9 Å². The van der Waals surface area contributed by atoms with Gasteiger partial charge < -0.3 is 9.84 Å². The molecule has 1 heterocycles. The van der Waals surface area contributed by atoms with E-state index in [1.165, 1.54) is 0 Å². The zero-order valence-corrected chi connectivity index (χ0v) is 11.4. The zero-order chi connectivity index (χ0) is 13.7. The lowest BCUT2D eigenvalue weighted by molar-refractivity contribution is 0.0941. The molecule has 0 aliphatic heterocycles. The molecule has 0 unspecified atom stereocenters. The average molecular weight is 279 g/mol. The normalized spacial score (nSPS) is 10.4. The predicted molar refractivity (Wildman–Crippen MR) is 73.1 cm³/mol. The highest BCUT2D eigenvalue weighted by Crippen LogP contribution is 2.10. The average Bonchev–Trinajstić information content (AvgIpc) is 2.87. The minimum Gasteiger partial charge on any atom is -0.361 e. The lowest BCUT2D eigenvalue weighted by atomic mass is 10.2. The molecule has 0 saturated carbocycles. The Balaban J connectivity index is 1.91. The van der Waals surface area contributed by atoms with Crippen molar-refractivity contribution in [3.8, 4) is 0 Å². The number of carbonyl (C=O) groups excluding carboxylic acids is 1. The fourth-order valence-corrected chi connectivity index (χ4v) is 1.79. The number of nitrogens with zero attached hydrogens (tertiary/aromatic N) is 1. The summed E-state index contributed by atoms with van der Waals surface area (Å²) in [4.78, 5) is 11.8. The molecule has 5 heteroatoms. The van der Waals surface area contributed by atoms with E-state index >= 15 is 0 Å². The van der Waals surface area contributed by atoms with Crippen molar-refractivity contribution in [2.24, 2.45) is 0 Å². The van der Waals surface area contributed by atoms with Crippen molar-refractivity contribution >= 4 is 17.5 Å². The lowest BCUT2D eigenvalue weighted by Crippen LogP contribution is -2.22. The van der Waals surface area contributed by atoms with Crippen LogP contribution >= 0.6 is 11.6 Å². The Kier molecular flexibility index (Phi) is 4.58. The summed E-state index contributed by atoms with van der Waals surface area (Å²) in [5, 5.41) is 7.22. The van der Waals surface area contributed by atoms with Crippen molar-refractivity contribution in [2.45, 2.75) is 26.3 Å². The maximum atomic E-state index is 11.8. The molecular formula is C14H15ClN2O2. The number of hydrogen-bond acceptors (Lipinski definition) is 3. The molecule has 0 aliphatic rings. The summed E-state index contributed by atoms with van der Waals surface area (Å²) in [7, 11) is 0. The number of carbonyl (C=O) groups is 1. The van der Waals surface area contributed by atoms with Gasteiger partial charge >= 0.3 is 0 Å². The largest absolute Gasteiger partial charge is 0.361 e. The van der Waals surface area contributed by atoms with Gasteiger partial charge in [0.15, 0.2) is 5.69 Å². The molecule has 2 rings (SSSR count). The van der Waals surface area contributed by atoms with Crippen molar-refractivity contribution in [2.75, 3.05) is 0 Å². The molecule has 19 heavy (non-hydrogen) atoms. The van der Waals surface area contributed by atoms with E-state index in [-0.39, 0.29) is 5.91 Å². The van der Waals surface area contributed by atoms with Gasteiger partial charge in [-0.15, -0.1) is 0 Å². The topological polar surface area (TPSA) is 55.1 Å². The number of benzene rings is 1. The number of amides is 1. The summed E-state index contributed by atoms with van der Waals surface area (Å²) in [5.41, 5.74) is 1.30. The van der Waals surface area contributed by atoms with Crippen LogP contribution in [0.5, 0.6) is 0 Å². The Morgan fingerprint density at radius 1 is 1.37 bits per heavy atom. The Morgan fingerprint density at radius 3 is 2.79 bits per heavy atom. The number of halogens is 1. The van der Waals surface area contributed by atoms with Crippen LogP contribution in [0, 0.1) is 0 Å². The highest BCUT2D eigenvalue weighted by Gasteiger charge is 2.11. The molecule has 0 saturated heterocycles. The van der Waals surface area contributed by atoms with Crippen LogP contribution in [0.1, 0.15) is 35.2 Å². The molecule has 100 valence electrons. The molecule has 1 N–H and O–H groups in total. The van der Waals surface area contributed by atoms with Crippen molar-refractivity contribution in [3.63, 3.8) is 0 Å². The summed E-state index contributed by atoms with van der Waals surface area (Å²) in [6, 6.07) is 9.00. The molecule has 1 amide bonds. The van der Waals surface area contributed by atoms with Gasteiger partial charge in [0.05, 0.1) is 0 Å². The molecule has 0 atom stereocenters. The monoisotopic (exact) mass is 278 g/mol. The van der Waals surface area contributed by atoms with Gasteiger partial charge in [0.2, 0.25) is 0 Å². The number of nitrogens with one attached hydrogen (secondary N) is 1. The molecule has 1 aromatic carbocycles. The van der Waals surface area contributed by atoms with E-state index in [9.17, 15) is 4.79 Å². The van der Waals surface area contributed by atoms with Gasteiger partial charge in [-0.2, -0.15) is 0 Å². The summed E-state index contributed by atoms with van der Waals surface area (Å²) in [6.45, 7) is 2.48. The Morgan fingerprint density at radius 2 is 2.11 bits per heavy atom. The molecule has 4 nitrogen and oxygen atoms in total. The molecule has 0 spiro atoms. The standard InChI is InChI=1S/C14H15ClN2O2/c1-2-3-12-8-13(17-19-12)14(18)16-9-10-4-6-11(15)7-5-10/h4-8H,2-3,9H2,1H3,(H,16,18). The van der Waals surface area contributed by atoms with Crippen LogP contribution < -0.4 is 5.32 Å². The van der Waals surface area contributed by atoms with Crippen LogP contribution in [0.3, 0.4) is 0 Å². The first kappa shape index (κ1) is 13.6. The van der Waals surface area contributed by atoms with E-state index in [2.05, 4.69) is 10.5 Å². The van der Waals surface area contributed by atoms with Crippen molar-refractivity contribution < 1.29 is 9.32 Å². The van der Waals surface area contributed by atoms with Gasteiger partial charge in [-0.1, -0.05) is 35.8 Å². The first-order chi connectivity index (χ1) is 9.19. The second-order valence-corrected chi connectivity index (χ2v) is 4.67. The van der Waals surface area contributed by atoms with Crippen LogP contribution in [-0.4, -0.2) is 11.1 Å². The third kappa shape index (κ3) is 3.83. The minimum absolute atomic E-state index is 0.235.